The summed E-state index contributed by atoms with van der Waals surface area (Å²) in [6, 6.07) is 0.741. The van der Waals surface area contributed by atoms with Gasteiger partial charge in [-0.3, -0.25) is 0 Å². The van der Waals surface area contributed by atoms with E-state index in [9.17, 15) is 0 Å². The number of rotatable bonds is 56. The highest BCUT2D eigenvalue weighted by Gasteiger charge is 2.40. The van der Waals surface area contributed by atoms with E-state index in [-0.39, 0.29) is 0 Å². The van der Waals surface area contributed by atoms with E-state index in [4.69, 9.17) is 24.9 Å². The van der Waals surface area contributed by atoms with Crippen molar-refractivity contribution in [2.24, 2.45) is 0 Å². The first kappa shape index (κ1) is 61.4. The second-order valence-electron chi connectivity index (χ2n) is 19.6. The van der Waals surface area contributed by atoms with Crippen molar-refractivity contribution in [1.29, 1.82) is 0 Å². The zero-order chi connectivity index (χ0) is 44.1. The van der Waals surface area contributed by atoms with Gasteiger partial charge in [-0.05, 0) is 19.3 Å². The van der Waals surface area contributed by atoms with Crippen LogP contribution >= 0.6 is 11.6 Å². The average molecular weight is 900 g/mol. The summed E-state index contributed by atoms with van der Waals surface area (Å²) in [5.74, 6) is 0.559. The third kappa shape index (κ3) is 49.7. The van der Waals surface area contributed by atoms with Crippen molar-refractivity contribution in [3.8, 4) is 0 Å². The van der Waals surface area contributed by atoms with Gasteiger partial charge in [0.05, 0.1) is 0 Å². The van der Waals surface area contributed by atoms with Crippen molar-refractivity contribution in [2.45, 2.75) is 335 Å². The molecule has 0 saturated carbocycles. The molecule has 0 aliphatic rings. The minimum absolute atomic E-state index is 0.559. The summed E-state index contributed by atoms with van der Waals surface area (Å²) >= 11 is 6.43. The van der Waals surface area contributed by atoms with Crippen LogP contribution in [0.25, 0.3) is 0 Å². The minimum Gasteiger partial charge on any atom is -0.373 e. The molecule has 0 aromatic carbocycles. The second kappa shape index (κ2) is 54.7. The Hall–Kier alpha value is 0.387. The number of hydrogen-bond acceptors (Lipinski definition) is 3. The molecule has 0 aromatic rings. The topological polar surface area (TPSA) is 27.7 Å². The van der Waals surface area contributed by atoms with E-state index in [2.05, 4.69) is 20.8 Å². The van der Waals surface area contributed by atoms with Crippen molar-refractivity contribution >= 4 is 20.4 Å². The van der Waals surface area contributed by atoms with Gasteiger partial charge >= 0.3 is 8.80 Å². The van der Waals surface area contributed by atoms with Crippen LogP contribution in [-0.2, 0) is 13.3 Å². The molecule has 0 bridgehead atoms. The summed E-state index contributed by atoms with van der Waals surface area (Å²) in [6.07, 6.45) is 66.7. The molecule has 3 nitrogen and oxygen atoms in total. The molecular weight excluding hydrogens is 784 g/mol. The maximum atomic E-state index is 6.66. The van der Waals surface area contributed by atoms with Crippen LogP contribution in [0, 0.1) is 0 Å². The van der Waals surface area contributed by atoms with Gasteiger partial charge in [0.25, 0.3) is 0 Å². The highest BCUT2D eigenvalue weighted by molar-refractivity contribution is 6.61. The van der Waals surface area contributed by atoms with Gasteiger partial charge in [0, 0.05) is 31.7 Å². The monoisotopic (exact) mass is 899 g/mol. The van der Waals surface area contributed by atoms with Gasteiger partial charge in [0.15, 0.2) is 0 Å². The van der Waals surface area contributed by atoms with Gasteiger partial charge in [-0.15, -0.1) is 11.6 Å². The van der Waals surface area contributed by atoms with Crippen molar-refractivity contribution in [1.82, 2.24) is 0 Å². The van der Waals surface area contributed by atoms with Crippen molar-refractivity contribution < 1.29 is 13.3 Å². The summed E-state index contributed by atoms with van der Waals surface area (Å²) in [4.78, 5) is 0. The molecule has 0 atom stereocenters. The Morgan fingerprint density at radius 2 is 0.377 bits per heavy atom. The molecule has 0 rings (SSSR count). The number of hydrogen-bond donors (Lipinski definition) is 0. The molecule has 0 fully saturated rings. The third-order valence-electron chi connectivity index (χ3n) is 13.4. The van der Waals surface area contributed by atoms with Gasteiger partial charge < -0.3 is 13.3 Å². The summed E-state index contributed by atoms with van der Waals surface area (Å²) in [5.41, 5.74) is 0. The predicted octanol–water partition coefficient (Wildman–Crippen LogP) is 21.0. The molecule has 0 N–H and O–H groups in total. The fourth-order valence-electron chi connectivity index (χ4n) is 9.09. The SMILES string of the molecule is CCCCCCCCCCCCCCCCCCO[Si](CCCl)(OCCCCCCCCCCCCCCCCCC)OCCCCCCCCCCCCCCCCCC. The lowest BCUT2D eigenvalue weighted by Gasteiger charge is -2.29. The maximum Gasteiger partial charge on any atom is 0.502 e. The van der Waals surface area contributed by atoms with E-state index < -0.39 is 8.80 Å². The first-order valence-corrected chi connectivity index (χ1v) is 31.2. The third-order valence-corrected chi connectivity index (χ3v) is 16.7. The van der Waals surface area contributed by atoms with Crippen LogP contribution in [0.1, 0.15) is 329 Å². The molecule has 0 unspecified atom stereocenters. The summed E-state index contributed by atoms with van der Waals surface area (Å²) in [7, 11) is -2.75. The van der Waals surface area contributed by atoms with Gasteiger partial charge in [-0.2, -0.15) is 0 Å². The predicted molar refractivity (Wildman–Crippen MR) is 278 cm³/mol. The van der Waals surface area contributed by atoms with Crippen molar-refractivity contribution in [3.63, 3.8) is 0 Å². The van der Waals surface area contributed by atoms with Crippen LogP contribution in [0.2, 0.25) is 6.04 Å². The van der Waals surface area contributed by atoms with Gasteiger partial charge in [-0.25, -0.2) is 0 Å². The van der Waals surface area contributed by atoms with Crippen LogP contribution in [0.15, 0.2) is 0 Å². The minimum atomic E-state index is -2.75. The quantitative estimate of drug-likeness (QED) is 0.0346. The van der Waals surface area contributed by atoms with E-state index >= 15 is 0 Å². The normalized spacial score (nSPS) is 12.0. The lowest BCUT2D eigenvalue weighted by atomic mass is 10.0. The Kier molecular flexibility index (Phi) is 55.1. The smallest absolute Gasteiger partial charge is 0.373 e. The average Bonchev–Trinajstić information content (AvgIpc) is 3.27. The molecule has 0 aliphatic carbocycles. The Labute approximate surface area is 392 Å². The lowest BCUT2D eigenvalue weighted by molar-refractivity contribution is 0.0565. The fraction of sp³-hybridized carbons (Fsp3) is 1.00. The Morgan fingerprint density at radius 1 is 0.230 bits per heavy atom. The molecule has 368 valence electrons. The molecule has 0 radical (unpaired) electrons. The van der Waals surface area contributed by atoms with E-state index in [0.717, 1.165) is 45.1 Å². The fourth-order valence-corrected chi connectivity index (χ4v) is 12.1. The molecule has 0 saturated heterocycles. The first-order chi connectivity index (χ1) is 30.2. The van der Waals surface area contributed by atoms with Gasteiger partial charge in [0.2, 0.25) is 0 Å². The summed E-state index contributed by atoms with van der Waals surface area (Å²) in [5, 5.41) is 0. The molecule has 0 amide bonds. The van der Waals surface area contributed by atoms with Crippen LogP contribution in [-0.4, -0.2) is 34.5 Å². The lowest BCUT2D eigenvalue weighted by Crippen LogP contribution is -2.47. The zero-order valence-corrected chi connectivity index (χ0v) is 44.3. The standard InChI is InChI=1S/C56H115ClO3Si/c1-4-7-10-13-16-19-22-25-28-31-34-37-40-43-46-49-53-58-61(56-52-57,59-54-50-47-44-41-38-35-32-29-26-23-20-17-14-11-8-5-2)60-55-51-48-45-42-39-36-33-30-27-24-21-18-15-12-9-6-3/h4-56H2,1-3H3. The number of unbranched alkanes of at least 4 members (excludes halogenated alkanes) is 45. The van der Waals surface area contributed by atoms with E-state index in [1.807, 2.05) is 0 Å². The Morgan fingerprint density at radius 3 is 0.525 bits per heavy atom. The van der Waals surface area contributed by atoms with Crippen LogP contribution in [0.4, 0.5) is 0 Å². The molecule has 0 heterocycles. The highest BCUT2D eigenvalue weighted by atomic mass is 35.5. The molecule has 0 aromatic heterocycles. The van der Waals surface area contributed by atoms with Crippen molar-refractivity contribution in [2.75, 3.05) is 25.7 Å². The first-order valence-electron chi connectivity index (χ1n) is 28.7. The highest BCUT2D eigenvalue weighted by Crippen LogP contribution is 2.22. The Balaban J connectivity index is 4.30. The van der Waals surface area contributed by atoms with Crippen LogP contribution in [0.5, 0.6) is 0 Å². The zero-order valence-electron chi connectivity index (χ0n) is 42.6. The van der Waals surface area contributed by atoms with E-state index in [1.54, 1.807) is 0 Å². The molecule has 61 heavy (non-hydrogen) atoms. The largest absolute Gasteiger partial charge is 0.502 e. The van der Waals surface area contributed by atoms with Gasteiger partial charge in [-0.1, -0.05) is 310 Å². The van der Waals surface area contributed by atoms with Gasteiger partial charge in [0.1, 0.15) is 0 Å². The van der Waals surface area contributed by atoms with Crippen molar-refractivity contribution in [3.05, 3.63) is 0 Å². The van der Waals surface area contributed by atoms with Crippen LogP contribution in [0.3, 0.4) is 0 Å². The Bertz CT molecular complexity index is 675. The maximum absolute atomic E-state index is 6.66. The molecule has 5 heteroatoms. The molecule has 0 spiro atoms. The van der Waals surface area contributed by atoms with E-state index in [0.29, 0.717) is 5.88 Å². The number of halogens is 1. The molecular formula is C56H115ClO3Si. The summed E-state index contributed by atoms with van der Waals surface area (Å²) < 4.78 is 20.0. The molecule has 0 aliphatic heterocycles. The van der Waals surface area contributed by atoms with Crippen LogP contribution < -0.4 is 0 Å². The second-order valence-corrected chi connectivity index (χ2v) is 22.7. The number of alkyl halides is 1. The summed E-state index contributed by atoms with van der Waals surface area (Å²) in [6.45, 7) is 9.21. The van der Waals surface area contributed by atoms with E-state index in [1.165, 1.54) is 289 Å².